The fourth-order valence-electron chi connectivity index (χ4n) is 1.97. The van der Waals surface area contributed by atoms with Crippen molar-refractivity contribution in [1.29, 1.82) is 0 Å². The molecule has 0 amide bonds. The Morgan fingerprint density at radius 2 is 1.74 bits per heavy atom. The van der Waals surface area contributed by atoms with E-state index in [9.17, 15) is 19.5 Å². The minimum absolute atomic E-state index is 0.0573. The van der Waals surface area contributed by atoms with Crippen molar-refractivity contribution in [2.75, 3.05) is 13.2 Å². The first kappa shape index (κ1) is 18.6. The number of aliphatic hydroxyl groups is 1. The molecule has 0 bridgehead atoms. The van der Waals surface area contributed by atoms with Crippen LogP contribution in [0.25, 0.3) is 0 Å². The van der Waals surface area contributed by atoms with E-state index in [-0.39, 0.29) is 37.2 Å². The Morgan fingerprint density at radius 3 is 2.30 bits per heavy atom. The van der Waals surface area contributed by atoms with E-state index in [2.05, 4.69) is 0 Å². The Labute approximate surface area is 133 Å². The van der Waals surface area contributed by atoms with Gasteiger partial charge in [0.2, 0.25) is 0 Å². The highest BCUT2D eigenvalue weighted by Gasteiger charge is 2.19. The van der Waals surface area contributed by atoms with Gasteiger partial charge in [-0.25, -0.2) is 9.59 Å². The molecule has 1 aromatic rings. The summed E-state index contributed by atoms with van der Waals surface area (Å²) < 4.78 is 9.70. The molecule has 0 saturated carbocycles. The summed E-state index contributed by atoms with van der Waals surface area (Å²) in [6, 6.07) is 4.22. The third-order valence-electron chi connectivity index (χ3n) is 3.00. The first-order valence-corrected chi connectivity index (χ1v) is 7.26. The van der Waals surface area contributed by atoms with Gasteiger partial charge < -0.3 is 19.7 Å². The number of rotatable bonds is 8. The minimum Gasteiger partial charge on any atom is -0.479 e. The maximum Gasteiger partial charge on any atom is 0.338 e. The number of ether oxygens (including phenoxy) is 2. The topological polar surface area (TPSA) is 110 Å². The van der Waals surface area contributed by atoms with Crippen LogP contribution in [0.3, 0.4) is 0 Å². The molecular weight excluding hydrogens is 304 g/mol. The van der Waals surface area contributed by atoms with Crippen molar-refractivity contribution in [3.05, 3.63) is 34.9 Å². The van der Waals surface area contributed by atoms with Crippen molar-refractivity contribution in [1.82, 2.24) is 0 Å². The first-order valence-electron chi connectivity index (χ1n) is 7.26. The monoisotopic (exact) mass is 324 g/mol. The third-order valence-corrected chi connectivity index (χ3v) is 3.00. The number of hydrogen-bond acceptors (Lipinski definition) is 6. The maximum absolute atomic E-state index is 11.8. The lowest BCUT2D eigenvalue weighted by Crippen LogP contribution is -2.13. The molecule has 0 aromatic heterocycles. The number of aliphatic hydroxyl groups excluding tert-OH is 1. The fraction of sp³-hybridized carbons (Fsp3) is 0.438. The summed E-state index contributed by atoms with van der Waals surface area (Å²) in [6.07, 6.45) is -1.42. The number of hydrogen-bond donors (Lipinski definition) is 2. The Morgan fingerprint density at radius 1 is 1.09 bits per heavy atom. The van der Waals surface area contributed by atoms with Gasteiger partial charge in [0.15, 0.2) is 6.10 Å². The molecule has 7 nitrogen and oxygen atoms in total. The van der Waals surface area contributed by atoms with Crippen molar-refractivity contribution in [2.45, 2.75) is 32.8 Å². The molecule has 1 rings (SSSR count). The van der Waals surface area contributed by atoms with Crippen LogP contribution in [0, 0.1) is 0 Å². The van der Waals surface area contributed by atoms with Gasteiger partial charge in [0.25, 0.3) is 0 Å². The molecule has 2 N–H and O–H groups in total. The average Bonchev–Trinajstić information content (AvgIpc) is 2.52. The molecule has 1 aromatic carbocycles. The normalized spacial score (nSPS) is 11.6. The van der Waals surface area contributed by atoms with Gasteiger partial charge in [-0.3, -0.25) is 4.79 Å². The molecule has 23 heavy (non-hydrogen) atoms. The van der Waals surface area contributed by atoms with Gasteiger partial charge in [0.1, 0.15) is 0 Å². The third kappa shape index (κ3) is 5.71. The summed E-state index contributed by atoms with van der Waals surface area (Å²) in [6.45, 7) is 3.78. The Kier molecular flexibility index (Phi) is 7.21. The summed E-state index contributed by atoms with van der Waals surface area (Å²) in [5, 5.41) is 18.6. The zero-order valence-corrected chi connectivity index (χ0v) is 13.1. The molecule has 0 fully saturated rings. The number of benzene rings is 1. The van der Waals surface area contributed by atoms with E-state index in [0.29, 0.717) is 5.56 Å². The van der Waals surface area contributed by atoms with Crippen LogP contribution in [-0.4, -0.2) is 41.3 Å². The quantitative estimate of drug-likeness (QED) is 0.697. The van der Waals surface area contributed by atoms with Gasteiger partial charge in [0.05, 0.1) is 18.8 Å². The second-order valence-corrected chi connectivity index (χ2v) is 4.73. The largest absolute Gasteiger partial charge is 0.479 e. The molecule has 7 heteroatoms. The molecule has 1 unspecified atom stereocenters. The summed E-state index contributed by atoms with van der Waals surface area (Å²) in [5.41, 5.74) is 0.726. The van der Waals surface area contributed by atoms with E-state index in [4.69, 9.17) is 14.6 Å². The standard InChI is InChI=1S/C16H20O7/c1-3-22-13(17)6-5-10-7-11(14(18)15(19)20)9-12(8-10)16(21)23-4-2/h7-9,14,18H,3-6H2,1-2H3,(H,19,20). The molecule has 126 valence electrons. The van der Waals surface area contributed by atoms with Crippen LogP contribution in [0.2, 0.25) is 0 Å². The number of carbonyl (C=O) groups excluding carboxylic acids is 2. The average molecular weight is 324 g/mol. The van der Waals surface area contributed by atoms with Crippen LogP contribution in [-0.2, 0) is 25.5 Å². The Hall–Kier alpha value is -2.41. The summed E-state index contributed by atoms with van der Waals surface area (Å²) in [7, 11) is 0. The highest BCUT2D eigenvalue weighted by atomic mass is 16.5. The molecule has 0 radical (unpaired) electrons. The van der Waals surface area contributed by atoms with Crippen LogP contribution in [0.5, 0.6) is 0 Å². The van der Waals surface area contributed by atoms with Crippen LogP contribution in [0.1, 0.15) is 47.9 Å². The second kappa shape index (κ2) is 8.89. The van der Waals surface area contributed by atoms with Gasteiger partial charge in [-0.05, 0) is 43.5 Å². The first-order chi connectivity index (χ1) is 10.9. The van der Waals surface area contributed by atoms with E-state index in [1.165, 1.54) is 18.2 Å². The number of carboxylic acids is 1. The number of aryl methyl sites for hydroxylation is 1. The van der Waals surface area contributed by atoms with Gasteiger partial charge in [-0.2, -0.15) is 0 Å². The second-order valence-electron chi connectivity index (χ2n) is 4.73. The molecule has 0 heterocycles. The number of aliphatic carboxylic acids is 1. The summed E-state index contributed by atoms with van der Waals surface area (Å²) in [5.74, 6) is -2.44. The lowest BCUT2D eigenvalue weighted by molar-refractivity contribution is -0.147. The molecular formula is C16H20O7. The van der Waals surface area contributed by atoms with Crippen LogP contribution >= 0.6 is 0 Å². The van der Waals surface area contributed by atoms with Crippen LogP contribution < -0.4 is 0 Å². The highest BCUT2D eigenvalue weighted by molar-refractivity contribution is 5.90. The number of esters is 2. The van der Waals surface area contributed by atoms with Gasteiger partial charge >= 0.3 is 17.9 Å². The maximum atomic E-state index is 11.8. The smallest absolute Gasteiger partial charge is 0.338 e. The van der Waals surface area contributed by atoms with E-state index >= 15 is 0 Å². The zero-order valence-electron chi connectivity index (χ0n) is 13.1. The van der Waals surface area contributed by atoms with Crippen LogP contribution in [0.4, 0.5) is 0 Å². The zero-order chi connectivity index (χ0) is 17.4. The molecule has 0 aliphatic carbocycles. The fourth-order valence-corrected chi connectivity index (χ4v) is 1.97. The van der Waals surface area contributed by atoms with E-state index < -0.39 is 24.0 Å². The molecule has 0 spiro atoms. The van der Waals surface area contributed by atoms with Crippen molar-refractivity contribution in [2.24, 2.45) is 0 Å². The van der Waals surface area contributed by atoms with Crippen molar-refractivity contribution in [3.8, 4) is 0 Å². The SMILES string of the molecule is CCOC(=O)CCc1cc(C(=O)OCC)cc(C(O)C(=O)O)c1. The Balaban J connectivity index is 3.05. The van der Waals surface area contributed by atoms with Gasteiger partial charge in [-0.15, -0.1) is 0 Å². The lowest BCUT2D eigenvalue weighted by atomic mass is 9.99. The van der Waals surface area contributed by atoms with Gasteiger partial charge in [-0.1, -0.05) is 6.07 Å². The number of carboxylic acid groups (broad SMARTS) is 1. The predicted molar refractivity (Wildman–Crippen MR) is 79.9 cm³/mol. The van der Waals surface area contributed by atoms with Crippen LogP contribution in [0.15, 0.2) is 18.2 Å². The van der Waals surface area contributed by atoms with E-state index in [1.807, 2.05) is 0 Å². The lowest BCUT2D eigenvalue weighted by Gasteiger charge is -2.11. The summed E-state index contributed by atoms with van der Waals surface area (Å²) >= 11 is 0. The number of carbonyl (C=O) groups is 3. The predicted octanol–water partition coefficient (Wildman–Crippen LogP) is 1.48. The minimum atomic E-state index is -1.76. The van der Waals surface area contributed by atoms with Crippen molar-refractivity contribution in [3.63, 3.8) is 0 Å². The van der Waals surface area contributed by atoms with E-state index in [0.717, 1.165) is 0 Å². The van der Waals surface area contributed by atoms with Crippen molar-refractivity contribution < 1.29 is 34.1 Å². The van der Waals surface area contributed by atoms with Gasteiger partial charge in [0, 0.05) is 6.42 Å². The molecule has 1 atom stereocenters. The highest BCUT2D eigenvalue weighted by Crippen LogP contribution is 2.20. The van der Waals surface area contributed by atoms with Crippen molar-refractivity contribution >= 4 is 17.9 Å². The Bertz CT molecular complexity index is 580. The molecule has 0 saturated heterocycles. The molecule has 0 aliphatic heterocycles. The van der Waals surface area contributed by atoms with E-state index in [1.54, 1.807) is 13.8 Å². The summed E-state index contributed by atoms with van der Waals surface area (Å²) in [4.78, 5) is 34.2. The molecule has 0 aliphatic rings.